The molecule has 2 rings (SSSR count). The van der Waals surface area contributed by atoms with Crippen LogP contribution in [0.4, 0.5) is 0 Å². The number of rotatable bonds is 25. The van der Waals surface area contributed by atoms with Gasteiger partial charge in [-0.05, 0) is 32.1 Å². The summed E-state index contributed by atoms with van der Waals surface area (Å²) in [6, 6.07) is 0. The minimum atomic E-state index is -5.44. The van der Waals surface area contributed by atoms with Crippen molar-refractivity contribution in [3.8, 4) is 0 Å². The highest BCUT2D eigenvalue weighted by atomic mass is 31.2. The van der Waals surface area contributed by atoms with Crippen molar-refractivity contribution < 1.29 is 78.4 Å². The highest BCUT2D eigenvalue weighted by Crippen LogP contribution is 2.47. The molecule has 13 atom stereocenters. The first-order valence-electron chi connectivity index (χ1n) is 25.4. The van der Waals surface area contributed by atoms with Crippen molar-refractivity contribution in [1.29, 1.82) is 0 Å². The molecule has 0 aromatic rings. The second-order valence-electron chi connectivity index (χ2n) is 18.6. The summed E-state index contributed by atoms with van der Waals surface area (Å²) >= 11 is 0. The van der Waals surface area contributed by atoms with Gasteiger partial charge >= 0.3 is 19.8 Å². The Morgan fingerprint density at radius 1 is 0.727 bits per heavy atom. The molecular weight excluding hydrogens is 875 g/mol. The number of ether oxygens (including phenoxy) is 2. The molecule has 1 saturated carbocycles. The number of carbonyl (C=O) groups excluding carboxylic acids is 2. The van der Waals surface area contributed by atoms with Gasteiger partial charge < -0.3 is 55.2 Å². The third-order valence-electron chi connectivity index (χ3n) is 12.9. The average Bonchev–Trinajstić information content (AvgIpc) is 3.28. The van der Waals surface area contributed by atoms with Crippen molar-refractivity contribution >= 4 is 19.8 Å². The lowest BCUT2D eigenvalue weighted by Crippen LogP contribution is -2.55. The Morgan fingerprint density at radius 3 is 1.86 bits per heavy atom. The van der Waals surface area contributed by atoms with Crippen molar-refractivity contribution in [3.05, 3.63) is 24.3 Å². The van der Waals surface area contributed by atoms with Crippen LogP contribution < -0.4 is 0 Å². The van der Waals surface area contributed by atoms with E-state index in [1.807, 2.05) is 6.92 Å². The number of hydrogen-bond acceptors (Lipinski definition) is 15. The first kappa shape index (κ1) is 60.3. The zero-order valence-corrected chi connectivity index (χ0v) is 41.0. The molecule has 1 aliphatic heterocycles. The molecule has 0 amide bonds. The Hall–Kier alpha value is -1.79. The van der Waals surface area contributed by atoms with Crippen LogP contribution in [0.3, 0.4) is 0 Å². The van der Waals surface area contributed by atoms with Crippen molar-refractivity contribution in [2.45, 2.75) is 248 Å². The molecule has 17 heteroatoms. The molecule has 16 nitrogen and oxygen atoms in total. The van der Waals surface area contributed by atoms with Gasteiger partial charge in [-0.15, -0.1) is 0 Å². The quantitative estimate of drug-likeness (QED) is 0.0198. The van der Waals surface area contributed by atoms with E-state index in [-0.39, 0.29) is 19.3 Å². The maximum Gasteiger partial charge on any atom is 0.472 e. The summed E-state index contributed by atoms with van der Waals surface area (Å²) in [6.45, 7) is 2.85. The average molecular weight is 965 g/mol. The van der Waals surface area contributed by atoms with Crippen LogP contribution in [0.5, 0.6) is 0 Å². The number of phosphoric ester groups is 1. The van der Waals surface area contributed by atoms with Gasteiger partial charge in [-0.2, -0.15) is 0 Å². The Balaban J connectivity index is 2.12. The van der Waals surface area contributed by atoms with E-state index in [1.54, 1.807) is 12.2 Å². The van der Waals surface area contributed by atoms with Crippen LogP contribution in [0.2, 0.25) is 0 Å². The minimum absolute atomic E-state index is 0.0359. The van der Waals surface area contributed by atoms with Crippen LogP contribution in [0.1, 0.15) is 187 Å². The predicted octanol–water partition coefficient (Wildman–Crippen LogP) is 6.78. The Kier molecular flexibility index (Phi) is 32.3. The molecule has 2 bridgehead atoms. The molecule has 9 N–H and O–H groups in total. The van der Waals surface area contributed by atoms with Crippen LogP contribution in [0.15, 0.2) is 24.3 Å². The molecule has 1 unspecified atom stereocenters. The second kappa shape index (κ2) is 35.3. The van der Waals surface area contributed by atoms with Crippen molar-refractivity contribution in [2.75, 3.05) is 13.2 Å². The lowest BCUT2D eigenvalue weighted by Gasteiger charge is -2.37. The zero-order valence-electron chi connectivity index (χ0n) is 40.1. The summed E-state index contributed by atoms with van der Waals surface area (Å²) in [5, 5.41) is 90.2. The van der Waals surface area contributed by atoms with E-state index in [0.717, 1.165) is 38.5 Å². The molecule has 1 aliphatic carbocycles. The molecule has 0 aromatic heterocycles. The fourth-order valence-electron chi connectivity index (χ4n) is 8.64. The van der Waals surface area contributed by atoms with E-state index < -0.39 is 112 Å². The van der Waals surface area contributed by atoms with Crippen molar-refractivity contribution in [3.63, 3.8) is 0 Å². The van der Waals surface area contributed by atoms with E-state index in [4.69, 9.17) is 18.5 Å². The van der Waals surface area contributed by atoms with Crippen LogP contribution in [-0.4, -0.2) is 132 Å². The lowest BCUT2D eigenvalue weighted by molar-refractivity contribution is -0.167. The van der Waals surface area contributed by atoms with Crippen molar-refractivity contribution in [2.24, 2.45) is 11.8 Å². The Labute approximate surface area is 394 Å². The fraction of sp³-hybridized carbons (Fsp3) is 0.878. The molecule has 386 valence electrons. The van der Waals surface area contributed by atoms with Crippen LogP contribution in [0.25, 0.3) is 0 Å². The molecule has 0 radical (unpaired) electrons. The number of carbonyl (C=O) groups is 2. The van der Waals surface area contributed by atoms with Gasteiger partial charge in [-0.3, -0.25) is 18.6 Å². The van der Waals surface area contributed by atoms with E-state index in [2.05, 4.69) is 6.92 Å². The number of cyclic esters (lactones) is 1. The maximum absolute atomic E-state index is 13.5. The highest BCUT2D eigenvalue weighted by molar-refractivity contribution is 7.47. The number of aliphatic hydroxyl groups excluding tert-OH is 8. The molecule has 0 saturated heterocycles. The summed E-state index contributed by atoms with van der Waals surface area (Å²) in [5.74, 6) is -4.02. The monoisotopic (exact) mass is 965 g/mol. The van der Waals surface area contributed by atoms with E-state index in [1.165, 1.54) is 89.2 Å². The van der Waals surface area contributed by atoms with Gasteiger partial charge in [0.2, 0.25) is 0 Å². The van der Waals surface area contributed by atoms with E-state index in [0.29, 0.717) is 32.1 Å². The number of esters is 2. The number of unbranched alkanes of at least 4 members (excludes halogenated alkanes) is 18. The van der Waals surface area contributed by atoms with Gasteiger partial charge in [-0.1, -0.05) is 160 Å². The normalized spacial score (nSPS) is 32.2. The van der Waals surface area contributed by atoms with Crippen LogP contribution in [-0.2, 0) is 32.7 Å². The Morgan fingerprint density at radius 2 is 1.27 bits per heavy atom. The third-order valence-corrected chi connectivity index (χ3v) is 13.8. The molecule has 1 heterocycles. The van der Waals surface area contributed by atoms with Gasteiger partial charge in [0.15, 0.2) is 6.10 Å². The predicted molar refractivity (Wildman–Crippen MR) is 251 cm³/mol. The number of allylic oxidation sites excluding steroid dienone is 2. The number of phosphoric acid groups is 1. The number of aliphatic hydroxyl groups is 8. The second-order valence-corrected chi connectivity index (χ2v) is 20.1. The molecular formula is C49H89O16P. The van der Waals surface area contributed by atoms with Gasteiger partial charge in [0.05, 0.1) is 37.1 Å². The molecule has 2 aliphatic rings. The molecule has 66 heavy (non-hydrogen) atoms. The van der Waals surface area contributed by atoms with E-state index in [9.17, 15) is 59.9 Å². The first-order valence-corrected chi connectivity index (χ1v) is 26.9. The summed E-state index contributed by atoms with van der Waals surface area (Å²) in [6.07, 6.45) is 9.74. The summed E-state index contributed by atoms with van der Waals surface area (Å²) in [4.78, 5) is 36.5. The maximum atomic E-state index is 13.5. The first-order chi connectivity index (χ1) is 31.6. The summed E-state index contributed by atoms with van der Waals surface area (Å²) in [7, 11) is -5.44. The lowest BCUT2D eigenvalue weighted by atomic mass is 9.83. The largest absolute Gasteiger partial charge is 0.472 e. The third kappa shape index (κ3) is 25.2. The molecule has 1 fully saturated rings. The van der Waals surface area contributed by atoms with Gasteiger partial charge in [0.1, 0.15) is 31.0 Å². The van der Waals surface area contributed by atoms with E-state index >= 15 is 0 Å². The highest BCUT2D eigenvalue weighted by Gasteiger charge is 2.49. The van der Waals surface area contributed by atoms with Crippen LogP contribution >= 0.6 is 7.82 Å². The SMILES string of the molecule is CCCCCCCCCCCCCCCCCCCC(=O)O[C@@H]1COC(=O)CCC/C=C/C[C@@H]2[C@@H](O)[C@H](O)[C@@H](O)[C@H](OP(=O)(O)OC1)[C@H](O)[C@H](O)[C@@H](/C=C/[C@@H](O)CCCCC)[C@H](O)C[C@@H]2O. The minimum Gasteiger partial charge on any atom is -0.462 e. The number of fused-ring (bicyclic) bond motifs is 4. The topological polar surface area (TPSA) is 270 Å². The van der Waals surface area contributed by atoms with Gasteiger partial charge in [0, 0.05) is 31.1 Å². The van der Waals surface area contributed by atoms with Gasteiger partial charge in [0.25, 0.3) is 0 Å². The van der Waals surface area contributed by atoms with Gasteiger partial charge in [-0.25, -0.2) is 4.57 Å². The van der Waals surface area contributed by atoms with Crippen molar-refractivity contribution in [1.82, 2.24) is 0 Å². The van der Waals surface area contributed by atoms with Crippen LogP contribution in [0, 0.1) is 11.8 Å². The summed E-state index contributed by atoms with van der Waals surface area (Å²) < 4.78 is 34.8. The smallest absolute Gasteiger partial charge is 0.462 e. The standard InChI is InChI=1S/C49H89O16P/c1-3-5-7-8-9-10-11-12-13-14-15-16-17-18-19-20-26-30-43(54)64-37-34-62-42(53)29-25-22-21-24-28-38-40(51)33-41(52)39(32-31-36(50)27-23-6-4-2)45(56)47(58)49(48(59)46(57)44(38)55)65-66(60,61)63-35-37/h21,24,31-32,36-41,44-52,55-59H,3-20,22-23,25-30,33-35H2,1-2H3,(H,60,61)/b24-21+,32-31+/t36-,37+,38-,39-,40-,41+,44+,45+,46-,47+,48+,49+/m0/s1. The summed E-state index contributed by atoms with van der Waals surface area (Å²) in [5.41, 5.74) is 0. The number of hydrogen-bond donors (Lipinski definition) is 9. The fourth-order valence-corrected chi connectivity index (χ4v) is 9.61. The molecule has 0 aromatic carbocycles. The zero-order chi connectivity index (χ0) is 48.7. The Bertz CT molecular complexity index is 1380. The molecule has 0 spiro atoms.